The predicted octanol–water partition coefficient (Wildman–Crippen LogP) is 2.25. The highest BCUT2D eigenvalue weighted by molar-refractivity contribution is 4.86. The van der Waals surface area contributed by atoms with Gasteiger partial charge in [0.1, 0.15) is 0 Å². The van der Waals surface area contributed by atoms with E-state index < -0.39 is 5.60 Å². The van der Waals surface area contributed by atoms with Crippen molar-refractivity contribution in [2.24, 2.45) is 5.92 Å². The molecule has 1 rings (SSSR count). The zero-order chi connectivity index (χ0) is 13.6. The number of hydrogen-bond donors (Lipinski definition) is 2. The average Bonchev–Trinajstić information content (AvgIpc) is 2.28. The van der Waals surface area contributed by atoms with Crippen LogP contribution in [-0.4, -0.2) is 48.3 Å². The Kier molecular flexibility index (Phi) is 6.61. The third-order valence-corrected chi connectivity index (χ3v) is 4.23. The number of aliphatic hydroxyl groups is 1. The normalized spacial score (nSPS) is 26.5. The Balaban J connectivity index is 2.41. The van der Waals surface area contributed by atoms with Gasteiger partial charge in [-0.15, -0.1) is 0 Å². The molecule has 0 spiro atoms. The monoisotopic (exact) mass is 256 g/mol. The fraction of sp³-hybridized carbons (Fsp3) is 1.00. The molecule has 1 aliphatic rings. The molecular weight excluding hydrogens is 224 g/mol. The number of piperidine rings is 1. The molecular formula is C15H32N2O. The van der Waals surface area contributed by atoms with E-state index in [4.69, 9.17) is 0 Å². The molecule has 0 aromatic carbocycles. The van der Waals surface area contributed by atoms with Crippen molar-refractivity contribution in [3.8, 4) is 0 Å². The van der Waals surface area contributed by atoms with Crippen molar-refractivity contribution in [1.82, 2.24) is 10.2 Å². The van der Waals surface area contributed by atoms with Crippen LogP contribution in [0.15, 0.2) is 0 Å². The van der Waals surface area contributed by atoms with E-state index in [0.29, 0.717) is 12.0 Å². The van der Waals surface area contributed by atoms with Gasteiger partial charge >= 0.3 is 0 Å². The minimum absolute atomic E-state index is 0.493. The van der Waals surface area contributed by atoms with E-state index >= 15 is 0 Å². The van der Waals surface area contributed by atoms with E-state index in [0.717, 1.165) is 38.8 Å². The molecule has 0 aromatic rings. The molecule has 1 fully saturated rings. The van der Waals surface area contributed by atoms with Crippen LogP contribution < -0.4 is 5.32 Å². The minimum Gasteiger partial charge on any atom is -0.389 e. The molecule has 0 amide bonds. The van der Waals surface area contributed by atoms with Gasteiger partial charge < -0.3 is 15.3 Å². The fourth-order valence-corrected chi connectivity index (χ4v) is 3.21. The number of hydrogen-bond acceptors (Lipinski definition) is 3. The van der Waals surface area contributed by atoms with E-state index in [1.165, 1.54) is 13.0 Å². The summed E-state index contributed by atoms with van der Waals surface area (Å²) >= 11 is 0. The topological polar surface area (TPSA) is 35.5 Å². The predicted molar refractivity (Wildman–Crippen MR) is 77.8 cm³/mol. The van der Waals surface area contributed by atoms with Gasteiger partial charge in [-0.05, 0) is 38.8 Å². The standard InChI is InChI=1S/C15H32N2O/c1-5-8-15(18,9-6-2)12-16-14-7-10-17(4)11-13(14)3/h13-14,16,18H,5-12H2,1-4H3. The Bertz CT molecular complexity index is 227. The molecule has 0 saturated carbocycles. The molecule has 3 nitrogen and oxygen atoms in total. The van der Waals surface area contributed by atoms with Crippen LogP contribution in [0.5, 0.6) is 0 Å². The maximum atomic E-state index is 10.6. The van der Waals surface area contributed by atoms with Crippen LogP contribution in [0.4, 0.5) is 0 Å². The highest BCUT2D eigenvalue weighted by Gasteiger charge is 2.29. The molecule has 0 radical (unpaired) electrons. The molecule has 2 N–H and O–H groups in total. The first kappa shape index (κ1) is 15.9. The maximum Gasteiger partial charge on any atom is 0.0771 e. The Labute approximate surface area is 113 Å². The van der Waals surface area contributed by atoms with Crippen molar-refractivity contribution in [1.29, 1.82) is 0 Å². The summed E-state index contributed by atoms with van der Waals surface area (Å²) in [6.07, 6.45) is 5.14. The number of nitrogens with zero attached hydrogens (tertiary/aromatic N) is 1. The highest BCUT2D eigenvalue weighted by atomic mass is 16.3. The van der Waals surface area contributed by atoms with Crippen LogP contribution in [0, 0.1) is 5.92 Å². The van der Waals surface area contributed by atoms with Crippen molar-refractivity contribution < 1.29 is 5.11 Å². The lowest BCUT2D eigenvalue weighted by atomic mass is 9.90. The zero-order valence-corrected chi connectivity index (χ0v) is 12.7. The van der Waals surface area contributed by atoms with Gasteiger partial charge in [0.25, 0.3) is 0 Å². The fourth-order valence-electron chi connectivity index (χ4n) is 3.21. The second kappa shape index (κ2) is 7.46. The molecule has 2 atom stereocenters. The first-order chi connectivity index (χ1) is 8.50. The number of likely N-dealkylation sites (tertiary alicyclic amines) is 1. The lowest BCUT2D eigenvalue weighted by Gasteiger charge is -2.38. The van der Waals surface area contributed by atoms with E-state index in [2.05, 4.69) is 38.0 Å². The van der Waals surface area contributed by atoms with Crippen molar-refractivity contribution in [3.63, 3.8) is 0 Å². The third-order valence-electron chi connectivity index (χ3n) is 4.23. The van der Waals surface area contributed by atoms with E-state index in [1.807, 2.05) is 0 Å². The lowest BCUT2D eigenvalue weighted by molar-refractivity contribution is 0.0145. The Morgan fingerprint density at radius 3 is 2.39 bits per heavy atom. The Hall–Kier alpha value is -0.120. The van der Waals surface area contributed by atoms with Gasteiger partial charge in [-0.25, -0.2) is 0 Å². The third kappa shape index (κ3) is 4.87. The summed E-state index contributed by atoms with van der Waals surface area (Å²) in [4.78, 5) is 2.40. The molecule has 0 bridgehead atoms. The largest absolute Gasteiger partial charge is 0.389 e. The smallest absolute Gasteiger partial charge is 0.0771 e. The van der Waals surface area contributed by atoms with Gasteiger partial charge in [-0.1, -0.05) is 33.6 Å². The quantitative estimate of drug-likeness (QED) is 0.733. The number of nitrogens with one attached hydrogen (secondary N) is 1. The molecule has 2 unspecified atom stereocenters. The summed E-state index contributed by atoms with van der Waals surface area (Å²) in [6.45, 7) is 9.71. The molecule has 18 heavy (non-hydrogen) atoms. The summed E-state index contributed by atoms with van der Waals surface area (Å²) in [5.74, 6) is 0.677. The number of rotatable bonds is 7. The van der Waals surface area contributed by atoms with Crippen LogP contribution in [0.2, 0.25) is 0 Å². The first-order valence-electron chi connectivity index (χ1n) is 7.65. The van der Waals surface area contributed by atoms with Crippen molar-refractivity contribution in [2.75, 3.05) is 26.7 Å². The molecule has 108 valence electrons. The first-order valence-corrected chi connectivity index (χ1v) is 7.65. The van der Waals surface area contributed by atoms with Gasteiger partial charge in [-0.3, -0.25) is 0 Å². The van der Waals surface area contributed by atoms with Crippen molar-refractivity contribution >= 4 is 0 Å². The molecule has 1 heterocycles. The summed E-state index contributed by atoms with van der Waals surface area (Å²) in [5.41, 5.74) is -0.493. The molecule has 1 aliphatic heterocycles. The second-order valence-corrected chi connectivity index (χ2v) is 6.24. The molecule has 3 heteroatoms. The van der Waals surface area contributed by atoms with Gasteiger partial charge in [0.05, 0.1) is 5.60 Å². The van der Waals surface area contributed by atoms with Gasteiger partial charge in [0, 0.05) is 19.1 Å². The highest BCUT2D eigenvalue weighted by Crippen LogP contribution is 2.21. The van der Waals surface area contributed by atoms with E-state index in [1.54, 1.807) is 0 Å². The van der Waals surface area contributed by atoms with Crippen molar-refractivity contribution in [3.05, 3.63) is 0 Å². The maximum absolute atomic E-state index is 10.6. The van der Waals surface area contributed by atoms with Crippen molar-refractivity contribution in [2.45, 2.75) is 64.5 Å². The summed E-state index contributed by atoms with van der Waals surface area (Å²) < 4.78 is 0. The average molecular weight is 256 g/mol. The Morgan fingerprint density at radius 2 is 1.89 bits per heavy atom. The zero-order valence-electron chi connectivity index (χ0n) is 12.7. The van der Waals surface area contributed by atoms with Crippen LogP contribution in [0.1, 0.15) is 52.9 Å². The summed E-state index contributed by atoms with van der Waals surface area (Å²) in [5, 5.41) is 14.2. The van der Waals surface area contributed by atoms with Crippen LogP contribution >= 0.6 is 0 Å². The van der Waals surface area contributed by atoms with Crippen LogP contribution in [0.3, 0.4) is 0 Å². The SMILES string of the molecule is CCCC(O)(CCC)CNC1CCN(C)CC1C. The van der Waals surface area contributed by atoms with Crippen LogP contribution in [-0.2, 0) is 0 Å². The van der Waals surface area contributed by atoms with Gasteiger partial charge in [-0.2, -0.15) is 0 Å². The van der Waals surface area contributed by atoms with Crippen LogP contribution in [0.25, 0.3) is 0 Å². The van der Waals surface area contributed by atoms with E-state index in [9.17, 15) is 5.11 Å². The summed E-state index contributed by atoms with van der Waals surface area (Å²) in [7, 11) is 2.19. The van der Waals surface area contributed by atoms with Gasteiger partial charge in [0.15, 0.2) is 0 Å². The molecule has 0 aliphatic carbocycles. The molecule has 0 aromatic heterocycles. The Morgan fingerprint density at radius 1 is 1.28 bits per heavy atom. The lowest BCUT2D eigenvalue weighted by Crippen LogP contribution is -2.51. The van der Waals surface area contributed by atoms with E-state index in [-0.39, 0.29) is 0 Å². The molecule has 1 saturated heterocycles. The summed E-state index contributed by atoms with van der Waals surface area (Å²) in [6, 6.07) is 0.571. The van der Waals surface area contributed by atoms with Gasteiger partial charge in [0.2, 0.25) is 0 Å². The minimum atomic E-state index is -0.493. The second-order valence-electron chi connectivity index (χ2n) is 6.24.